The minimum atomic E-state index is 0. The molecule has 1 unspecified atom stereocenters. The SMILES string of the molecule is CCNC(=NCc1ccc(N(CC)CC)nc1)NCC1CCCN1CC.I. The number of rotatable bonds is 9. The Bertz CT molecular complexity index is 544. The summed E-state index contributed by atoms with van der Waals surface area (Å²) in [5.41, 5.74) is 1.13. The lowest BCUT2D eigenvalue weighted by atomic mass is 10.2. The standard InChI is InChI=1S/C20H36N6.HI/c1-5-21-20(24-16-18-10-9-13-26(18)8-4)23-15-17-11-12-19(22-14-17)25(6-2)7-3;/h11-12,14,18H,5-10,13,15-16H2,1-4H3,(H2,21,23,24);1H. The van der Waals surface area contributed by atoms with Crippen molar-refractivity contribution in [3.63, 3.8) is 0 Å². The van der Waals surface area contributed by atoms with Crippen molar-refractivity contribution in [2.45, 2.75) is 53.1 Å². The number of aromatic nitrogens is 1. The Kier molecular flexibility index (Phi) is 11.7. The Morgan fingerprint density at radius 3 is 2.59 bits per heavy atom. The van der Waals surface area contributed by atoms with Gasteiger partial charge in [-0.2, -0.15) is 0 Å². The molecular weight excluding hydrogens is 451 g/mol. The van der Waals surface area contributed by atoms with E-state index in [1.54, 1.807) is 0 Å². The number of hydrogen-bond acceptors (Lipinski definition) is 4. The zero-order valence-corrected chi connectivity index (χ0v) is 19.7. The molecule has 27 heavy (non-hydrogen) atoms. The molecule has 0 bridgehead atoms. The summed E-state index contributed by atoms with van der Waals surface area (Å²) in [6, 6.07) is 4.85. The topological polar surface area (TPSA) is 55.8 Å². The van der Waals surface area contributed by atoms with Gasteiger partial charge in [-0.1, -0.05) is 13.0 Å². The first-order valence-corrected chi connectivity index (χ1v) is 10.2. The van der Waals surface area contributed by atoms with Crippen LogP contribution in [0.3, 0.4) is 0 Å². The molecule has 1 aliphatic heterocycles. The molecule has 1 aromatic heterocycles. The largest absolute Gasteiger partial charge is 0.357 e. The summed E-state index contributed by atoms with van der Waals surface area (Å²) < 4.78 is 0. The number of hydrogen-bond donors (Lipinski definition) is 2. The number of anilines is 1. The third-order valence-corrected chi connectivity index (χ3v) is 5.07. The van der Waals surface area contributed by atoms with Crippen molar-refractivity contribution in [2.24, 2.45) is 4.99 Å². The predicted molar refractivity (Wildman–Crippen MR) is 126 cm³/mol. The maximum absolute atomic E-state index is 4.73. The quantitative estimate of drug-likeness (QED) is 0.318. The van der Waals surface area contributed by atoms with Gasteiger partial charge < -0.3 is 15.5 Å². The summed E-state index contributed by atoms with van der Waals surface area (Å²) in [6.07, 6.45) is 4.52. The number of pyridine rings is 1. The molecule has 1 aliphatic rings. The molecule has 2 N–H and O–H groups in total. The monoisotopic (exact) mass is 488 g/mol. The second kappa shape index (κ2) is 13.1. The van der Waals surface area contributed by atoms with Crippen molar-refractivity contribution < 1.29 is 0 Å². The summed E-state index contributed by atoms with van der Waals surface area (Å²) in [4.78, 5) is 14.1. The van der Waals surface area contributed by atoms with E-state index in [9.17, 15) is 0 Å². The molecule has 154 valence electrons. The number of guanidine groups is 1. The van der Waals surface area contributed by atoms with Gasteiger partial charge in [0.15, 0.2) is 5.96 Å². The van der Waals surface area contributed by atoms with Gasteiger partial charge in [-0.3, -0.25) is 4.90 Å². The highest BCUT2D eigenvalue weighted by Gasteiger charge is 2.22. The van der Waals surface area contributed by atoms with E-state index in [4.69, 9.17) is 4.99 Å². The maximum atomic E-state index is 4.73. The Morgan fingerprint density at radius 1 is 1.22 bits per heavy atom. The fraction of sp³-hybridized carbons (Fsp3) is 0.700. The molecule has 1 aromatic rings. The predicted octanol–water partition coefficient (Wildman–Crippen LogP) is 3.09. The Morgan fingerprint density at radius 2 is 2.00 bits per heavy atom. The van der Waals surface area contributed by atoms with Crippen LogP contribution in [0.15, 0.2) is 23.3 Å². The molecule has 0 aromatic carbocycles. The number of aliphatic imine (C=N–C) groups is 1. The third kappa shape index (κ3) is 7.44. The van der Waals surface area contributed by atoms with Gasteiger partial charge in [0.05, 0.1) is 6.54 Å². The van der Waals surface area contributed by atoms with Crippen molar-refractivity contribution in [3.05, 3.63) is 23.9 Å². The second-order valence-corrected chi connectivity index (χ2v) is 6.70. The summed E-state index contributed by atoms with van der Waals surface area (Å²) in [7, 11) is 0. The van der Waals surface area contributed by atoms with E-state index >= 15 is 0 Å². The van der Waals surface area contributed by atoms with Gasteiger partial charge in [-0.25, -0.2) is 9.98 Å². The molecule has 0 amide bonds. The van der Waals surface area contributed by atoms with Crippen LogP contribution in [0.2, 0.25) is 0 Å². The molecule has 6 nitrogen and oxygen atoms in total. The van der Waals surface area contributed by atoms with Crippen molar-refractivity contribution in [3.8, 4) is 0 Å². The lowest BCUT2D eigenvalue weighted by Crippen LogP contribution is -2.44. The third-order valence-electron chi connectivity index (χ3n) is 5.07. The van der Waals surface area contributed by atoms with E-state index in [0.29, 0.717) is 12.6 Å². The number of likely N-dealkylation sites (N-methyl/N-ethyl adjacent to an activating group) is 1. The van der Waals surface area contributed by atoms with Gasteiger partial charge in [0.2, 0.25) is 0 Å². The van der Waals surface area contributed by atoms with Gasteiger partial charge in [-0.15, -0.1) is 24.0 Å². The van der Waals surface area contributed by atoms with Crippen LogP contribution >= 0.6 is 24.0 Å². The average molecular weight is 488 g/mol. The number of nitrogens with one attached hydrogen (secondary N) is 2. The number of nitrogens with zero attached hydrogens (tertiary/aromatic N) is 4. The Balaban J connectivity index is 0.00000364. The summed E-state index contributed by atoms with van der Waals surface area (Å²) >= 11 is 0. The first-order chi connectivity index (χ1) is 12.7. The first kappa shape index (κ1) is 23.9. The zero-order valence-electron chi connectivity index (χ0n) is 17.4. The highest BCUT2D eigenvalue weighted by Crippen LogP contribution is 2.15. The lowest BCUT2D eigenvalue weighted by molar-refractivity contribution is 0.267. The van der Waals surface area contributed by atoms with Crippen molar-refractivity contribution >= 4 is 35.8 Å². The van der Waals surface area contributed by atoms with E-state index in [2.05, 4.69) is 65.2 Å². The average Bonchev–Trinajstić information content (AvgIpc) is 3.13. The molecule has 7 heteroatoms. The van der Waals surface area contributed by atoms with Crippen LogP contribution in [0.5, 0.6) is 0 Å². The molecule has 1 fully saturated rings. The van der Waals surface area contributed by atoms with E-state index in [1.807, 2.05) is 6.20 Å². The van der Waals surface area contributed by atoms with Gasteiger partial charge in [0.1, 0.15) is 5.82 Å². The van der Waals surface area contributed by atoms with E-state index in [1.165, 1.54) is 19.4 Å². The number of halogens is 1. The summed E-state index contributed by atoms with van der Waals surface area (Å²) in [5, 5.41) is 6.86. The fourth-order valence-electron chi connectivity index (χ4n) is 3.51. The van der Waals surface area contributed by atoms with Crippen molar-refractivity contribution in [1.29, 1.82) is 0 Å². The highest BCUT2D eigenvalue weighted by molar-refractivity contribution is 14.0. The number of likely N-dealkylation sites (tertiary alicyclic amines) is 1. The van der Waals surface area contributed by atoms with Crippen LogP contribution < -0.4 is 15.5 Å². The van der Waals surface area contributed by atoms with Crippen LogP contribution in [0.1, 0.15) is 46.1 Å². The molecule has 1 saturated heterocycles. The van der Waals surface area contributed by atoms with E-state index in [0.717, 1.165) is 50.1 Å². The van der Waals surface area contributed by atoms with Crippen molar-refractivity contribution in [1.82, 2.24) is 20.5 Å². The minimum absolute atomic E-state index is 0. The second-order valence-electron chi connectivity index (χ2n) is 6.70. The van der Waals surface area contributed by atoms with E-state index < -0.39 is 0 Å². The minimum Gasteiger partial charge on any atom is -0.357 e. The van der Waals surface area contributed by atoms with Crippen LogP contribution in [0.25, 0.3) is 0 Å². The smallest absolute Gasteiger partial charge is 0.191 e. The van der Waals surface area contributed by atoms with Gasteiger partial charge in [0.25, 0.3) is 0 Å². The lowest BCUT2D eigenvalue weighted by Gasteiger charge is -2.24. The van der Waals surface area contributed by atoms with Gasteiger partial charge >= 0.3 is 0 Å². The first-order valence-electron chi connectivity index (χ1n) is 10.2. The van der Waals surface area contributed by atoms with Crippen LogP contribution in [-0.4, -0.2) is 61.2 Å². The van der Waals surface area contributed by atoms with Crippen LogP contribution in [0, 0.1) is 0 Å². The molecule has 0 spiro atoms. The fourth-order valence-corrected chi connectivity index (χ4v) is 3.51. The molecule has 0 saturated carbocycles. The molecule has 0 aliphatic carbocycles. The van der Waals surface area contributed by atoms with Crippen LogP contribution in [-0.2, 0) is 6.54 Å². The molecule has 2 rings (SSSR count). The normalized spacial score (nSPS) is 17.5. The summed E-state index contributed by atoms with van der Waals surface area (Å²) in [6.45, 7) is 15.4. The van der Waals surface area contributed by atoms with Gasteiger partial charge in [-0.05, 0) is 58.3 Å². The summed E-state index contributed by atoms with van der Waals surface area (Å²) in [5.74, 6) is 1.93. The molecule has 1 atom stereocenters. The molecular formula is C20H37IN6. The maximum Gasteiger partial charge on any atom is 0.191 e. The zero-order chi connectivity index (χ0) is 18.8. The Labute approximate surface area is 182 Å². The Hall–Kier alpha value is -1.09. The molecule has 0 radical (unpaired) electrons. The highest BCUT2D eigenvalue weighted by atomic mass is 127. The van der Waals surface area contributed by atoms with Crippen LogP contribution in [0.4, 0.5) is 5.82 Å². The van der Waals surface area contributed by atoms with E-state index in [-0.39, 0.29) is 24.0 Å². The van der Waals surface area contributed by atoms with Gasteiger partial charge in [0, 0.05) is 38.4 Å². The van der Waals surface area contributed by atoms with Crippen molar-refractivity contribution in [2.75, 3.05) is 44.2 Å². The molecule has 2 heterocycles.